The molecule has 1 amide bonds. The van der Waals surface area contributed by atoms with E-state index in [0.29, 0.717) is 35.0 Å². The first-order valence-corrected chi connectivity index (χ1v) is 12.9. The van der Waals surface area contributed by atoms with Gasteiger partial charge in [-0.1, -0.05) is 36.4 Å². The molecule has 0 saturated carbocycles. The van der Waals surface area contributed by atoms with Crippen molar-refractivity contribution >= 4 is 32.8 Å². The van der Waals surface area contributed by atoms with Crippen molar-refractivity contribution in [2.45, 2.75) is 23.8 Å². The highest BCUT2D eigenvalue weighted by molar-refractivity contribution is 7.89. The second kappa shape index (κ2) is 9.69. The normalized spacial score (nSPS) is 16.1. The van der Waals surface area contributed by atoms with Gasteiger partial charge in [0.1, 0.15) is 6.04 Å². The summed E-state index contributed by atoms with van der Waals surface area (Å²) in [5.41, 5.74) is 6.13. The van der Waals surface area contributed by atoms with Crippen LogP contribution < -0.4 is 11.3 Å². The van der Waals surface area contributed by atoms with Gasteiger partial charge in [0.2, 0.25) is 10.0 Å². The highest BCUT2D eigenvalue weighted by Gasteiger charge is 2.39. The van der Waals surface area contributed by atoms with E-state index in [9.17, 15) is 23.1 Å². The number of fused-ring (bicyclic) bond motifs is 1. The number of pyridine rings is 2. The summed E-state index contributed by atoms with van der Waals surface area (Å²) in [6, 6.07) is 16.2. The molecule has 0 unspecified atom stereocenters. The van der Waals surface area contributed by atoms with Crippen LogP contribution in [0, 0.1) is 0 Å². The number of nitrogens with zero attached hydrogens (tertiary/aromatic N) is 3. The molecule has 4 aromatic rings. The fourth-order valence-corrected chi connectivity index (χ4v) is 6.20. The van der Waals surface area contributed by atoms with Crippen molar-refractivity contribution in [2.75, 3.05) is 6.54 Å². The lowest BCUT2D eigenvalue weighted by Crippen LogP contribution is -2.40. The largest absolute Gasteiger partial charge is 0.480 e. The number of rotatable bonds is 6. The predicted molar refractivity (Wildman–Crippen MR) is 137 cm³/mol. The second-order valence-electron chi connectivity index (χ2n) is 8.64. The van der Waals surface area contributed by atoms with Crippen molar-refractivity contribution in [3.63, 3.8) is 0 Å². The molecule has 3 heterocycles. The molecule has 37 heavy (non-hydrogen) atoms. The first kappa shape index (κ1) is 24.5. The van der Waals surface area contributed by atoms with Gasteiger partial charge in [-0.3, -0.25) is 20.0 Å². The van der Waals surface area contributed by atoms with Gasteiger partial charge in [0.05, 0.1) is 21.7 Å². The highest BCUT2D eigenvalue weighted by Crippen LogP contribution is 2.30. The fourth-order valence-electron chi connectivity index (χ4n) is 4.54. The third-order valence-corrected chi connectivity index (χ3v) is 8.37. The van der Waals surface area contributed by atoms with Crippen molar-refractivity contribution in [3.8, 4) is 22.4 Å². The third-order valence-electron chi connectivity index (χ3n) is 6.45. The van der Waals surface area contributed by atoms with E-state index < -0.39 is 27.9 Å². The Morgan fingerprint density at radius 2 is 1.65 bits per heavy atom. The molecule has 10 nitrogen and oxygen atoms in total. The van der Waals surface area contributed by atoms with Crippen molar-refractivity contribution in [1.82, 2.24) is 19.7 Å². The number of aliphatic carboxylic acids is 1. The number of amides is 1. The molecule has 1 fully saturated rings. The van der Waals surface area contributed by atoms with Gasteiger partial charge in [-0.05, 0) is 48.2 Å². The standard InChI is InChI=1S/C26H23N5O5S/c27-30-25(32)20-14-23(29-22-11-12-28-15-21(20)22)18-5-3-16(4-6-18)17-7-9-19(10-8-17)37(35,36)31-13-1-2-24(31)26(33)34/h3-12,14-15,24H,1-2,13,27H2,(H,30,32)(H,33,34)/t24-/m1/s1. The maximum Gasteiger partial charge on any atom is 0.322 e. The number of carboxylic acid groups (broad SMARTS) is 1. The molecule has 1 aliphatic rings. The molecule has 1 aliphatic heterocycles. The van der Waals surface area contributed by atoms with Crippen LogP contribution >= 0.6 is 0 Å². The summed E-state index contributed by atoms with van der Waals surface area (Å²) in [7, 11) is -3.91. The summed E-state index contributed by atoms with van der Waals surface area (Å²) < 4.78 is 27.1. The number of carboxylic acids is 1. The minimum absolute atomic E-state index is 0.0570. The Labute approximate surface area is 212 Å². The molecule has 188 valence electrons. The topological polar surface area (TPSA) is 156 Å². The Bertz CT molecular complexity index is 1610. The Morgan fingerprint density at radius 3 is 2.30 bits per heavy atom. The molecule has 2 aromatic carbocycles. The number of hydrazine groups is 1. The lowest BCUT2D eigenvalue weighted by Gasteiger charge is -2.21. The highest BCUT2D eigenvalue weighted by atomic mass is 32.2. The lowest BCUT2D eigenvalue weighted by molar-refractivity contribution is -0.140. The molecule has 0 aliphatic carbocycles. The molecule has 4 N–H and O–H groups in total. The van der Waals surface area contributed by atoms with Gasteiger partial charge in [0.15, 0.2) is 0 Å². The SMILES string of the molecule is NNC(=O)c1cc(-c2ccc(-c3ccc(S(=O)(=O)N4CCC[C@@H]4C(=O)O)cc3)cc2)nc2ccncc12. The summed E-state index contributed by atoms with van der Waals surface area (Å²) in [4.78, 5) is 32.5. The van der Waals surface area contributed by atoms with Crippen LogP contribution in [-0.2, 0) is 14.8 Å². The maximum absolute atomic E-state index is 13.0. The zero-order chi connectivity index (χ0) is 26.2. The number of nitrogens with one attached hydrogen (secondary N) is 1. The molecule has 0 radical (unpaired) electrons. The van der Waals surface area contributed by atoms with E-state index in [2.05, 4.69) is 15.4 Å². The number of carbonyl (C=O) groups excluding carboxylic acids is 1. The summed E-state index contributed by atoms with van der Waals surface area (Å²) in [6.45, 7) is 0.191. The Hall–Kier alpha value is -4.19. The summed E-state index contributed by atoms with van der Waals surface area (Å²) in [6.07, 6.45) is 3.99. The van der Waals surface area contributed by atoms with Gasteiger partial charge in [-0.25, -0.2) is 19.2 Å². The Balaban J connectivity index is 1.42. The van der Waals surface area contributed by atoms with Gasteiger partial charge in [0.25, 0.3) is 5.91 Å². The minimum Gasteiger partial charge on any atom is -0.480 e. The first-order chi connectivity index (χ1) is 17.8. The zero-order valence-corrected chi connectivity index (χ0v) is 20.4. The quantitative estimate of drug-likeness (QED) is 0.200. The van der Waals surface area contributed by atoms with E-state index >= 15 is 0 Å². The lowest BCUT2D eigenvalue weighted by atomic mass is 10.0. The van der Waals surface area contributed by atoms with Crippen LogP contribution in [0.4, 0.5) is 0 Å². The molecule has 0 spiro atoms. The molecule has 1 atom stereocenters. The van der Waals surface area contributed by atoms with Crippen molar-refractivity contribution in [2.24, 2.45) is 5.84 Å². The first-order valence-electron chi connectivity index (χ1n) is 11.5. The fraction of sp³-hybridized carbons (Fsp3) is 0.154. The molecule has 0 bridgehead atoms. The van der Waals surface area contributed by atoms with E-state index in [1.54, 1.807) is 36.7 Å². The molecule has 2 aromatic heterocycles. The zero-order valence-electron chi connectivity index (χ0n) is 19.5. The minimum atomic E-state index is -3.91. The predicted octanol–water partition coefficient (Wildman–Crippen LogP) is 2.81. The van der Waals surface area contributed by atoms with Gasteiger partial charge in [0, 0.05) is 29.9 Å². The molecule has 1 saturated heterocycles. The van der Waals surface area contributed by atoms with Gasteiger partial charge in [-0.15, -0.1) is 0 Å². The van der Waals surface area contributed by atoms with Crippen LogP contribution in [0.5, 0.6) is 0 Å². The molecular weight excluding hydrogens is 494 g/mol. The molecule has 5 rings (SSSR count). The van der Waals surface area contributed by atoms with Gasteiger partial charge < -0.3 is 5.11 Å². The number of nitrogens with two attached hydrogens (primary N) is 1. The van der Waals surface area contributed by atoms with E-state index in [4.69, 9.17) is 5.84 Å². The van der Waals surface area contributed by atoms with E-state index in [0.717, 1.165) is 21.0 Å². The number of benzene rings is 2. The second-order valence-corrected chi connectivity index (χ2v) is 10.5. The van der Waals surface area contributed by atoms with E-state index in [1.165, 1.54) is 12.1 Å². The summed E-state index contributed by atoms with van der Waals surface area (Å²) in [5.74, 6) is 3.77. The van der Waals surface area contributed by atoms with Gasteiger partial charge in [-0.2, -0.15) is 4.31 Å². The molecule has 11 heteroatoms. The number of nitrogen functional groups attached to an aromatic ring is 1. The third kappa shape index (κ3) is 4.55. The monoisotopic (exact) mass is 517 g/mol. The number of carbonyl (C=O) groups is 2. The Kier molecular flexibility index (Phi) is 6.42. The Morgan fingerprint density at radius 1 is 1.00 bits per heavy atom. The summed E-state index contributed by atoms with van der Waals surface area (Å²) in [5, 5.41) is 9.95. The van der Waals surface area contributed by atoms with Crippen LogP contribution in [0.1, 0.15) is 23.2 Å². The maximum atomic E-state index is 13.0. The average molecular weight is 518 g/mol. The smallest absolute Gasteiger partial charge is 0.322 e. The van der Waals surface area contributed by atoms with Crippen LogP contribution in [0.25, 0.3) is 33.3 Å². The summed E-state index contributed by atoms with van der Waals surface area (Å²) >= 11 is 0. The average Bonchev–Trinajstić information content (AvgIpc) is 3.44. The van der Waals surface area contributed by atoms with Crippen LogP contribution in [0.2, 0.25) is 0 Å². The van der Waals surface area contributed by atoms with Crippen LogP contribution in [0.15, 0.2) is 78.0 Å². The number of sulfonamides is 1. The number of hydrogen-bond acceptors (Lipinski definition) is 7. The van der Waals surface area contributed by atoms with Crippen molar-refractivity contribution < 1.29 is 23.1 Å². The van der Waals surface area contributed by atoms with E-state index in [-0.39, 0.29) is 11.4 Å². The molecular formula is C26H23N5O5S. The van der Waals surface area contributed by atoms with Crippen molar-refractivity contribution in [1.29, 1.82) is 0 Å². The van der Waals surface area contributed by atoms with Crippen LogP contribution in [0.3, 0.4) is 0 Å². The number of hydrogen-bond donors (Lipinski definition) is 3. The van der Waals surface area contributed by atoms with E-state index in [1.807, 2.05) is 24.3 Å². The van der Waals surface area contributed by atoms with Crippen LogP contribution in [-0.4, -0.2) is 52.3 Å². The van der Waals surface area contributed by atoms with Crippen molar-refractivity contribution in [3.05, 3.63) is 78.6 Å². The number of aromatic nitrogens is 2. The van der Waals surface area contributed by atoms with Gasteiger partial charge >= 0.3 is 5.97 Å².